The molecule has 2 aromatic rings. The number of amides is 1. The Bertz CT molecular complexity index is 993. The molecule has 1 unspecified atom stereocenters. The van der Waals surface area contributed by atoms with Gasteiger partial charge in [-0.15, -0.1) is 0 Å². The molecule has 5 heterocycles. The summed E-state index contributed by atoms with van der Waals surface area (Å²) in [7, 11) is 1.94. The highest BCUT2D eigenvalue weighted by molar-refractivity contribution is 8.04. The molecule has 8 heteroatoms. The van der Waals surface area contributed by atoms with Crippen molar-refractivity contribution < 1.29 is 9.18 Å². The fourth-order valence-electron chi connectivity index (χ4n) is 4.42. The summed E-state index contributed by atoms with van der Waals surface area (Å²) in [4.78, 5) is 28.2. The van der Waals surface area contributed by atoms with E-state index >= 15 is 4.39 Å². The largest absolute Gasteiger partial charge is 0.360 e. The Kier molecular flexibility index (Phi) is 6.18. The van der Waals surface area contributed by atoms with Gasteiger partial charge < -0.3 is 14.7 Å². The molecular formula is C23H28FN5OS. The third-order valence-electron chi connectivity index (χ3n) is 6.05. The Balaban J connectivity index is 0.00000231. The fraction of sp³-hybridized carbons (Fsp3) is 0.435. The minimum absolute atomic E-state index is 0. The zero-order valence-electron chi connectivity index (χ0n) is 16.9. The molecule has 5 rings (SSSR count). The Morgan fingerprint density at radius 2 is 1.94 bits per heavy atom. The average molecular weight is 442 g/mol. The molecule has 3 aliphatic heterocycles. The smallest absolute Gasteiger partial charge is 0.266 e. The van der Waals surface area contributed by atoms with Gasteiger partial charge in [-0.1, -0.05) is 19.2 Å². The molecule has 0 aromatic carbocycles. The molecular weight excluding hydrogens is 413 g/mol. The van der Waals surface area contributed by atoms with Crippen LogP contribution in [0.25, 0.3) is 0 Å². The standard InChI is InChI=1S/C22H24FN5OS.CH4/c1-26-17-9-13-28(15-6-5-10-24-14-15)21(29)19(17)30-22(26)16-7-8-18(25-20(16)23)27-11-3-2-4-12-27;/h5-8,10,14,22H,2-4,9,11-13H2,1H3;1H4. The molecule has 0 aliphatic carbocycles. The van der Waals surface area contributed by atoms with Crippen LogP contribution >= 0.6 is 11.8 Å². The van der Waals surface area contributed by atoms with E-state index in [0.29, 0.717) is 22.8 Å². The quantitative estimate of drug-likeness (QED) is 0.651. The summed E-state index contributed by atoms with van der Waals surface area (Å²) in [6.07, 6.45) is 7.60. The van der Waals surface area contributed by atoms with Gasteiger partial charge >= 0.3 is 0 Å². The van der Waals surface area contributed by atoms with Crippen molar-refractivity contribution in [1.82, 2.24) is 14.9 Å². The number of pyridine rings is 2. The van der Waals surface area contributed by atoms with Crippen LogP contribution in [0, 0.1) is 5.95 Å². The van der Waals surface area contributed by atoms with Gasteiger partial charge in [0.1, 0.15) is 11.2 Å². The number of halogens is 1. The van der Waals surface area contributed by atoms with Crippen LogP contribution in [0.5, 0.6) is 0 Å². The minimum atomic E-state index is -0.446. The maximum Gasteiger partial charge on any atom is 0.266 e. The first-order chi connectivity index (χ1) is 14.6. The number of piperidine rings is 1. The number of carbonyl (C=O) groups excluding carboxylic acids is 1. The highest BCUT2D eigenvalue weighted by Gasteiger charge is 2.40. The SMILES string of the molecule is C.CN1C2=C(SC1c1ccc(N3CCCCC3)nc1F)C(=O)N(c1cccnc1)CC2. The molecule has 0 saturated carbocycles. The third kappa shape index (κ3) is 3.89. The molecule has 164 valence electrons. The van der Waals surface area contributed by atoms with Crippen LogP contribution in [0.1, 0.15) is 44.0 Å². The first-order valence-corrected chi connectivity index (χ1v) is 11.3. The summed E-state index contributed by atoms with van der Waals surface area (Å²) >= 11 is 1.42. The predicted molar refractivity (Wildman–Crippen MR) is 123 cm³/mol. The van der Waals surface area contributed by atoms with E-state index in [0.717, 1.165) is 43.7 Å². The lowest BCUT2D eigenvalue weighted by Gasteiger charge is -2.30. The molecule has 2 aromatic heterocycles. The van der Waals surface area contributed by atoms with Crippen LogP contribution in [0.4, 0.5) is 15.9 Å². The van der Waals surface area contributed by atoms with E-state index in [1.165, 1.54) is 18.2 Å². The van der Waals surface area contributed by atoms with Crippen LogP contribution in [0.3, 0.4) is 0 Å². The van der Waals surface area contributed by atoms with Crippen LogP contribution in [0.15, 0.2) is 47.3 Å². The van der Waals surface area contributed by atoms with E-state index in [9.17, 15) is 4.79 Å². The van der Waals surface area contributed by atoms with Crippen molar-refractivity contribution in [1.29, 1.82) is 0 Å². The van der Waals surface area contributed by atoms with Gasteiger partial charge in [0.05, 0.1) is 16.8 Å². The van der Waals surface area contributed by atoms with Crippen molar-refractivity contribution >= 4 is 29.2 Å². The lowest BCUT2D eigenvalue weighted by Crippen LogP contribution is -2.37. The van der Waals surface area contributed by atoms with E-state index in [-0.39, 0.29) is 18.7 Å². The summed E-state index contributed by atoms with van der Waals surface area (Å²) in [5.74, 6) is 0.221. The lowest BCUT2D eigenvalue weighted by molar-refractivity contribution is -0.114. The summed E-state index contributed by atoms with van der Waals surface area (Å²) in [6, 6.07) is 7.47. The highest BCUT2D eigenvalue weighted by atomic mass is 32.2. The van der Waals surface area contributed by atoms with Gasteiger partial charge in [-0.2, -0.15) is 4.39 Å². The van der Waals surface area contributed by atoms with E-state index in [2.05, 4.69) is 14.9 Å². The maximum absolute atomic E-state index is 15.0. The van der Waals surface area contributed by atoms with Gasteiger partial charge in [0.25, 0.3) is 5.91 Å². The summed E-state index contributed by atoms with van der Waals surface area (Å²) < 4.78 is 15.0. The van der Waals surface area contributed by atoms with Crippen LogP contribution in [0.2, 0.25) is 0 Å². The van der Waals surface area contributed by atoms with Gasteiger partial charge in [-0.05, 0) is 43.5 Å². The average Bonchev–Trinajstić information content (AvgIpc) is 3.12. The number of thioether (sulfide) groups is 1. The van der Waals surface area contributed by atoms with Gasteiger partial charge in [-0.25, -0.2) is 4.98 Å². The van der Waals surface area contributed by atoms with Gasteiger partial charge in [0.15, 0.2) is 0 Å². The molecule has 1 atom stereocenters. The fourth-order valence-corrected chi connectivity index (χ4v) is 5.82. The van der Waals surface area contributed by atoms with Crippen LogP contribution in [-0.2, 0) is 4.79 Å². The van der Waals surface area contributed by atoms with Gasteiger partial charge in [0.2, 0.25) is 5.95 Å². The Morgan fingerprint density at radius 3 is 2.65 bits per heavy atom. The van der Waals surface area contributed by atoms with Gasteiger partial charge in [-0.3, -0.25) is 9.78 Å². The van der Waals surface area contributed by atoms with Crippen molar-refractivity contribution in [2.45, 2.75) is 38.5 Å². The molecule has 6 nitrogen and oxygen atoms in total. The third-order valence-corrected chi connectivity index (χ3v) is 7.49. The van der Waals surface area contributed by atoms with E-state index < -0.39 is 5.95 Å². The molecule has 3 aliphatic rings. The monoisotopic (exact) mass is 441 g/mol. The first kappa shape index (κ1) is 21.6. The zero-order chi connectivity index (χ0) is 20.7. The number of carbonyl (C=O) groups is 1. The lowest BCUT2D eigenvalue weighted by atomic mass is 10.1. The number of anilines is 2. The van der Waals surface area contributed by atoms with Crippen molar-refractivity contribution in [3.8, 4) is 0 Å². The van der Waals surface area contributed by atoms with E-state index in [1.54, 1.807) is 17.3 Å². The second-order valence-corrected chi connectivity index (χ2v) is 8.96. The molecule has 1 fully saturated rings. The summed E-state index contributed by atoms with van der Waals surface area (Å²) in [5, 5.41) is -0.282. The van der Waals surface area contributed by atoms with Crippen molar-refractivity contribution in [3.05, 3.63) is 58.8 Å². The summed E-state index contributed by atoms with van der Waals surface area (Å²) in [6.45, 7) is 2.45. The van der Waals surface area contributed by atoms with Crippen molar-refractivity contribution in [2.24, 2.45) is 0 Å². The van der Waals surface area contributed by atoms with E-state index in [1.807, 2.05) is 36.2 Å². The van der Waals surface area contributed by atoms with Gasteiger partial charge in [0, 0.05) is 50.6 Å². The predicted octanol–water partition coefficient (Wildman–Crippen LogP) is 4.57. The maximum atomic E-state index is 15.0. The van der Waals surface area contributed by atoms with E-state index in [4.69, 9.17) is 0 Å². The normalized spacial score (nSPS) is 21.3. The zero-order valence-corrected chi connectivity index (χ0v) is 17.7. The van der Waals surface area contributed by atoms with Crippen LogP contribution in [-0.4, -0.2) is 47.5 Å². The Labute approximate surface area is 187 Å². The number of hydrogen-bond donors (Lipinski definition) is 0. The number of nitrogens with zero attached hydrogens (tertiary/aromatic N) is 5. The van der Waals surface area contributed by atoms with Crippen LogP contribution < -0.4 is 9.80 Å². The molecule has 1 amide bonds. The topological polar surface area (TPSA) is 52.6 Å². The Morgan fingerprint density at radius 1 is 1.13 bits per heavy atom. The molecule has 0 spiro atoms. The molecule has 1 saturated heterocycles. The van der Waals surface area contributed by atoms with Crippen molar-refractivity contribution in [2.75, 3.05) is 36.5 Å². The summed E-state index contributed by atoms with van der Waals surface area (Å²) in [5.41, 5.74) is 2.30. The first-order valence-electron chi connectivity index (χ1n) is 10.4. The second kappa shape index (κ2) is 8.86. The number of hydrogen-bond acceptors (Lipinski definition) is 6. The van der Waals surface area contributed by atoms with Crippen molar-refractivity contribution in [3.63, 3.8) is 0 Å². The number of aromatic nitrogens is 2. The molecule has 0 N–H and O–H groups in total. The second-order valence-electron chi connectivity index (χ2n) is 7.87. The molecule has 0 radical (unpaired) electrons. The number of rotatable bonds is 3. The molecule has 31 heavy (non-hydrogen) atoms. The highest BCUT2D eigenvalue weighted by Crippen LogP contribution is 2.50. The minimum Gasteiger partial charge on any atom is -0.360 e. The Hall–Kier alpha value is -2.61. The molecule has 0 bridgehead atoms.